The highest BCUT2D eigenvalue weighted by atomic mass is 16.5. The number of hydrogen-bond acceptors (Lipinski definition) is 4. The van der Waals surface area contributed by atoms with E-state index in [-0.39, 0.29) is 5.91 Å². The Labute approximate surface area is 164 Å². The Morgan fingerprint density at radius 3 is 2.57 bits per heavy atom. The molecule has 5 heteroatoms. The molecule has 1 saturated carbocycles. The van der Waals surface area contributed by atoms with Crippen LogP contribution in [0.5, 0.6) is 11.6 Å². The minimum absolute atomic E-state index is 0.120. The molecule has 1 amide bonds. The van der Waals surface area contributed by atoms with E-state index in [0.29, 0.717) is 24.1 Å². The Morgan fingerprint density at radius 1 is 1.07 bits per heavy atom. The zero-order valence-corrected chi connectivity index (χ0v) is 16.0. The molecule has 1 aromatic heterocycles. The van der Waals surface area contributed by atoms with Gasteiger partial charge in [-0.2, -0.15) is 0 Å². The fraction of sp³-hybridized carbons (Fsp3) is 0.304. The second-order valence-electron chi connectivity index (χ2n) is 7.07. The first-order valence-electron chi connectivity index (χ1n) is 9.70. The van der Waals surface area contributed by atoms with Crippen LogP contribution in [-0.4, -0.2) is 24.1 Å². The molecule has 0 saturated heterocycles. The van der Waals surface area contributed by atoms with Gasteiger partial charge in [-0.15, -0.1) is 0 Å². The van der Waals surface area contributed by atoms with Gasteiger partial charge in [0.05, 0.1) is 7.11 Å². The number of rotatable bonds is 6. The zero-order chi connectivity index (χ0) is 19.3. The van der Waals surface area contributed by atoms with E-state index in [1.807, 2.05) is 42.5 Å². The van der Waals surface area contributed by atoms with Crippen molar-refractivity contribution in [1.82, 2.24) is 10.3 Å². The summed E-state index contributed by atoms with van der Waals surface area (Å²) in [5.41, 5.74) is 1.57. The average molecular weight is 376 g/mol. The van der Waals surface area contributed by atoms with Crippen LogP contribution in [0, 0.1) is 0 Å². The third-order valence-corrected chi connectivity index (χ3v) is 5.19. The normalized spacial score (nSPS) is 14.2. The molecule has 0 atom stereocenters. The van der Waals surface area contributed by atoms with Gasteiger partial charge in [0, 0.05) is 29.8 Å². The topological polar surface area (TPSA) is 60.5 Å². The van der Waals surface area contributed by atoms with E-state index < -0.39 is 0 Å². The minimum atomic E-state index is -0.120. The number of fused-ring (bicyclic) bond motifs is 1. The molecule has 144 valence electrons. The van der Waals surface area contributed by atoms with Crippen molar-refractivity contribution in [3.05, 3.63) is 65.9 Å². The molecule has 2 aromatic carbocycles. The number of nitrogens with zero attached hydrogens (tertiary/aromatic N) is 1. The Bertz CT molecular complexity index is 963. The third kappa shape index (κ3) is 3.93. The number of pyridine rings is 1. The number of ether oxygens (including phenoxy) is 2. The Hall–Kier alpha value is -3.08. The van der Waals surface area contributed by atoms with Gasteiger partial charge in [-0.05, 0) is 48.8 Å². The molecule has 4 rings (SSSR count). The van der Waals surface area contributed by atoms with Crippen molar-refractivity contribution in [3.63, 3.8) is 0 Å². The lowest BCUT2D eigenvalue weighted by Crippen LogP contribution is -2.23. The van der Waals surface area contributed by atoms with E-state index in [1.54, 1.807) is 19.4 Å². The van der Waals surface area contributed by atoms with E-state index in [2.05, 4.69) is 10.3 Å². The number of methoxy groups -OCH3 is 1. The fourth-order valence-corrected chi connectivity index (χ4v) is 3.69. The lowest BCUT2D eigenvalue weighted by Gasteiger charge is -2.13. The molecule has 1 fully saturated rings. The first kappa shape index (κ1) is 18.3. The monoisotopic (exact) mass is 376 g/mol. The molecule has 28 heavy (non-hydrogen) atoms. The summed E-state index contributed by atoms with van der Waals surface area (Å²) in [5.74, 6) is 1.29. The quantitative estimate of drug-likeness (QED) is 0.688. The number of benzene rings is 2. The molecule has 1 N–H and O–H groups in total. The summed E-state index contributed by atoms with van der Waals surface area (Å²) in [4.78, 5) is 17.1. The fourth-order valence-electron chi connectivity index (χ4n) is 3.69. The molecule has 1 aliphatic rings. The van der Waals surface area contributed by atoms with Gasteiger partial charge in [0.25, 0.3) is 5.91 Å². The molecule has 0 spiro atoms. The molecule has 5 nitrogen and oxygen atoms in total. The van der Waals surface area contributed by atoms with Gasteiger partial charge in [-0.1, -0.05) is 30.3 Å². The molecular weight excluding hydrogens is 352 g/mol. The number of aromatic nitrogens is 1. The molecule has 1 aliphatic carbocycles. The van der Waals surface area contributed by atoms with Crippen LogP contribution in [0.1, 0.15) is 41.6 Å². The predicted molar refractivity (Wildman–Crippen MR) is 109 cm³/mol. The standard InChI is InChI=1S/C23H24N2O3/c1-27-21-12-11-20(18-8-4-5-9-19(18)21)23(26)25-15-16-10-13-22(24-14-16)28-17-6-2-3-7-17/h4-5,8-14,17H,2-3,6-7,15H2,1H3,(H,25,26). The van der Waals surface area contributed by atoms with Crippen molar-refractivity contribution in [3.8, 4) is 11.6 Å². The highest BCUT2D eigenvalue weighted by molar-refractivity contribution is 6.08. The van der Waals surface area contributed by atoms with Gasteiger partial charge >= 0.3 is 0 Å². The van der Waals surface area contributed by atoms with Gasteiger partial charge in [0.15, 0.2) is 0 Å². The minimum Gasteiger partial charge on any atom is -0.496 e. The number of amides is 1. The Morgan fingerprint density at radius 2 is 1.86 bits per heavy atom. The van der Waals surface area contributed by atoms with Crippen molar-refractivity contribution in [2.45, 2.75) is 38.3 Å². The van der Waals surface area contributed by atoms with Gasteiger partial charge in [-0.25, -0.2) is 4.98 Å². The number of nitrogens with one attached hydrogen (secondary N) is 1. The summed E-state index contributed by atoms with van der Waals surface area (Å²) in [6.45, 7) is 0.413. The van der Waals surface area contributed by atoms with Crippen molar-refractivity contribution in [2.75, 3.05) is 7.11 Å². The van der Waals surface area contributed by atoms with Crippen LogP contribution in [0.2, 0.25) is 0 Å². The highest BCUT2D eigenvalue weighted by Crippen LogP contribution is 2.28. The number of hydrogen-bond donors (Lipinski definition) is 1. The van der Waals surface area contributed by atoms with Crippen molar-refractivity contribution in [1.29, 1.82) is 0 Å². The van der Waals surface area contributed by atoms with Crippen LogP contribution in [0.25, 0.3) is 10.8 Å². The van der Waals surface area contributed by atoms with Gasteiger partial charge in [0.2, 0.25) is 5.88 Å². The van der Waals surface area contributed by atoms with Crippen molar-refractivity contribution < 1.29 is 14.3 Å². The summed E-state index contributed by atoms with van der Waals surface area (Å²) in [6.07, 6.45) is 6.73. The molecule has 0 bridgehead atoms. The maximum atomic E-state index is 12.7. The first-order chi connectivity index (χ1) is 13.7. The van der Waals surface area contributed by atoms with Gasteiger partial charge < -0.3 is 14.8 Å². The summed E-state index contributed by atoms with van der Waals surface area (Å²) in [7, 11) is 1.63. The van der Waals surface area contributed by atoms with Crippen LogP contribution in [-0.2, 0) is 6.54 Å². The van der Waals surface area contributed by atoms with Crippen LogP contribution in [0.3, 0.4) is 0 Å². The smallest absolute Gasteiger partial charge is 0.252 e. The van der Waals surface area contributed by atoms with Gasteiger partial charge in [0.1, 0.15) is 11.9 Å². The van der Waals surface area contributed by atoms with E-state index in [4.69, 9.17) is 9.47 Å². The summed E-state index contributed by atoms with van der Waals surface area (Å²) in [6, 6.07) is 15.2. The average Bonchev–Trinajstić information content (AvgIpc) is 3.25. The third-order valence-electron chi connectivity index (χ3n) is 5.19. The van der Waals surface area contributed by atoms with Crippen LogP contribution < -0.4 is 14.8 Å². The molecular formula is C23H24N2O3. The van der Waals surface area contributed by atoms with E-state index in [1.165, 1.54) is 12.8 Å². The molecule has 0 unspecified atom stereocenters. The second kappa shape index (κ2) is 8.30. The van der Waals surface area contributed by atoms with E-state index in [0.717, 1.165) is 34.9 Å². The Kier molecular flexibility index (Phi) is 5.42. The maximum absolute atomic E-state index is 12.7. The van der Waals surface area contributed by atoms with Crippen LogP contribution >= 0.6 is 0 Å². The molecule has 3 aromatic rings. The predicted octanol–water partition coefficient (Wildman–Crippen LogP) is 4.49. The lowest BCUT2D eigenvalue weighted by atomic mass is 10.0. The van der Waals surface area contributed by atoms with Crippen molar-refractivity contribution in [2.24, 2.45) is 0 Å². The SMILES string of the molecule is COc1ccc(C(=O)NCc2ccc(OC3CCCC3)nc2)c2ccccc12. The van der Waals surface area contributed by atoms with Crippen molar-refractivity contribution >= 4 is 16.7 Å². The largest absolute Gasteiger partial charge is 0.496 e. The Balaban J connectivity index is 1.42. The highest BCUT2D eigenvalue weighted by Gasteiger charge is 2.17. The summed E-state index contributed by atoms with van der Waals surface area (Å²) < 4.78 is 11.3. The van der Waals surface area contributed by atoms with Crippen LogP contribution in [0.15, 0.2) is 54.7 Å². The lowest BCUT2D eigenvalue weighted by molar-refractivity contribution is 0.0952. The van der Waals surface area contributed by atoms with Crippen LogP contribution in [0.4, 0.5) is 0 Å². The second-order valence-corrected chi connectivity index (χ2v) is 7.07. The zero-order valence-electron chi connectivity index (χ0n) is 16.0. The van der Waals surface area contributed by atoms with E-state index in [9.17, 15) is 4.79 Å². The maximum Gasteiger partial charge on any atom is 0.252 e. The van der Waals surface area contributed by atoms with E-state index >= 15 is 0 Å². The first-order valence-corrected chi connectivity index (χ1v) is 9.70. The van der Waals surface area contributed by atoms with Gasteiger partial charge in [-0.3, -0.25) is 4.79 Å². The summed E-state index contributed by atoms with van der Waals surface area (Å²) in [5, 5.41) is 4.77. The number of carbonyl (C=O) groups is 1. The molecule has 1 heterocycles. The summed E-state index contributed by atoms with van der Waals surface area (Å²) >= 11 is 0. The molecule has 0 aliphatic heterocycles. The molecule has 0 radical (unpaired) electrons. The number of carbonyl (C=O) groups excluding carboxylic acids is 1.